The number of aromatic amines is 1. The number of aryl methyl sites for hydroxylation is 1. The summed E-state index contributed by atoms with van der Waals surface area (Å²) in [5, 5.41) is 8.20. The van der Waals surface area contributed by atoms with Gasteiger partial charge in [0.05, 0.1) is 53.9 Å². The first-order valence-corrected chi connectivity index (χ1v) is 11.4. The van der Waals surface area contributed by atoms with Crippen LogP contribution in [0.2, 0.25) is 5.02 Å². The molecule has 2 aromatic carbocycles. The molecule has 6 rings (SSSR count). The van der Waals surface area contributed by atoms with Crippen LogP contribution in [-0.2, 0) is 11.3 Å². The SMILES string of the molecule is Cc1nc2ccc(Oc3ccc4ncc(-c5cnn(CC6CNCCO6)c5)nc4c3Cl)cc2[nH]1. The van der Waals surface area contributed by atoms with E-state index in [0.29, 0.717) is 46.4 Å². The number of benzene rings is 2. The Morgan fingerprint density at radius 2 is 2.09 bits per heavy atom. The molecule has 3 aromatic heterocycles. The summed E-state index contributed by atoms with van der Waals surface area (Å²) < 4.78 is 13.7. The van der Waals surface area contributed by atoms with Crippen molar-refractivity contribution in [1.82, 2.24) is 35.0 Å². The molecule has 9 nitrogen and oxygen atoms in total. The van der Waals surface area contributed by atoms with Gasteiger partial charge in [0.25, 0.3) is 0 Å². The predicted octanol–water partition coefficient (Wildman–Crippen LogP) is 4.11. The Labute approximate surface area is 200 Å². The van der Waals surface area contributed by atoms with Crippen molar-refractivity contribution in [2.24, 2.45) is 0 Å². The van der Waals surface area contributed by atoms with Crippen LogP contribution < -0.4 is 10.1 Å². The largest absolute Gasteiger partial charge is 0.456 e. The van der Waals surface area contributed by atoms with Crippen molar-refractivity contribution in [2.75, 3.05) is 19.7 Å². The van der Waals surface area contributed by atoms with Crippen molar-refractivity contribution in [2.45, 2.75) is 19.6 Å². The molecule has 0 amide bonds. The summed E-state index contributed by atoms with van der Waals surface area (Å²) in [7, 11) is 0. The van der Waals surface area contributed by atoms with E-state index in [4.69, 9.17) is 26.1 Å². The minimum Gasteiger partial charge on any atom is -0.456 e. The van der Waals surface area contributed by atoms with Gasteiger partial charge in [-0.15, -0.1) is 0 Å². The molecular weight excluding hydrogens is 454 g/mol. The smallest absolute Gasteiger partial charge is 0.148 e. The fraction of sp³-hybridized carbons (Fsp3) is 0.250. The highest BCUT2D eigenvalue weighted by Crippen LogP contribution is 2.35. The van der Waals surface area contributed by atoms with E-state index >= 15 is 0 Å². The van der Waals surface area contributed by atoms with Crippen LogP contribution in [0.25, 0.3) is 33.3 Å². The molecule has 1 fully saturated rings. The van der Waals surface area contributed by atoms with E-state index in [9.17, 15) is 0 Å². The maximum absolute atomic E-state index is 6.72. The Morgan fingerprint density at radius 3 is 2.97 bits per heavy atom. The average Bonchev–Trinajstić information content (AvgIpc) is 3.47. The molecule has 1 aliphatic rings. The van der Waals surface area contributed by atoms with Crippen LogP contribution in [0.15, 0.2) is 48.9 Å². The van der Waals surface area contributed by atoms with E-state index in [1.807, 2.05) is 42.1 Å². The number of morpholine rings is 1. The van der Waals surface area contributed by atoms with Gasteiger partial charge >= 0.3 is 0 Å². The molecule has 1 atom stereocenters. The van der Waals surface area contributed by atoms with Gasteiger partial charge in [-0.2, -0.15) is 5.10 Å². The molecule has 172 valence electrons. The topological polar surface area (TPSA) is 103 Å². The average molecular weight is 476 g/mol. The predicted molar refractivity (Wildman–Crippen MR) is 129 cm³/mol. The van der Waals surface area contributed by atoms with E-state index in [2.05, 4.69) is 25.4 Å². The number of fused-ring (bicyclic) bond motifs is 2. The lowest BCUT2D eigenvalue weighted by Gasteiger charge is -2.23. The number of hydrogen-bond acceptors (Lipinski definition) is 7. The Balaban J connectivity index is 1.28. The molecule has 0 radical (unpaired) electrons. The summed E-state index contributed by atoms with van der Waals surface area (Å²) >= 11 is 6.72. The minimum absolute atomic E-state index is 0.100. The number of nitrogens with one attached hydrogen (secondary N) is 2. The highest BCUT2D eigenvalue weighted by atomic mass is 35.5. The van der Waals surface area contributed by atoms with Gasteiger partial charge in [-0.3, -0.25) is 9.67 Å². The monoisotopic (exact) mass is 475 g/mol. The number of H-pyrrole nitrogens is 1. The van der Waals surface area contributed by atoms with Crippen molar-refractivity contribution >= 4 is 33.7 Å². The van der Waals surface area contributed by atoms with Gasteiger partial charge in [-0.25, -0.2) is 9.97 Å². The summed E-state index contributed by atoms with van der Waals surface area (Å²) in [6.07, 6.45) is 5.56. The summed E-state index contributed by atoms with van der Waals surface area (Å²) in [5.74, 6) is 2.01. The number of rotatable bonds is 5. The number of nitrogens with zero attached hydrogens (tertiary/aromatic N) is 5. The normalized spacial score (nSPS) is 16.4. The molecule has 10 heteroatoms. The van der Waals surface area contributed by atoms with Crippen LogP contribution in [0.5, 0.6) is 11.5 Å². The van der Waals surface area contributed by atoms with Gasteiger partial charge in [0.15, 0.2) is 0 Å². The number of halogens is 1. The summed E-state index contributed by atoms with van der Waals surface area (Å²) in [4.78, 5) is 17.0. The lowest BCUT2D eigenvalue weighted by molar-refractivity contribution is 0.0161. The van der Waals surface area contributed by atoms with Crippen LogP contribution in [0.3, 0.4) is 0 Å². The lowest BCUT2D eigenvalue weighted by Crippen LogP contribution is -2.40. The molecule has 2 N–H and O–H groups in total. The van der Waals surface area contributed by atoms with Crippen LogP contribution in [0.4, 0.5) is 0 Å². The van der Waals surface area contributed by atoms with Gasteiger partial charge in [0.1, 0.15) is 27.9 Å². The van der Waals surface area contributed by atoms with Crippen molar-refractivity contribution in [3.05, 3.63) is 59.8 Å². The molecule has 4 heterocycles. The zero-order chi connectivity index (χ0) is 23.1. The minimum atomic E-state index is 0.100. The molecule has 0 aliphatic carbocycles. The maximum atomic E-state index is 6.72. The zero-order valence-corrected chi connectivity index (χ0v) is 19.2. The molecule has 1 unspecified atom stereocenters. The Bertz CT molecular complexity index is 1490. The van der Waals surface area contributed by atoms with Gasteiger partial charge in [0, 0.05) is 30.9 Å². The van der Waals surface area contributed by atoms with Gasteiger partial charge in [-0.1, -0.05) is 11.6 Å². The molecule has 5 aromatic rings. The first kappa shape index (κ1) is 21.0. The summed E-state index contributed by atoms with van der Waals surface area (Å²) in [5.41, 5.74) is 4.60. The zero-order valence-electron chi connectivity index (χ0n) is 18.5. The quantitative estimate of drug-likeness (QED) is 0.394. The van der Waals surface area contributed by atoms with E-state index in [0.717, 1.165) is 35.5 Å². The second kappa shape index (κ2) is 8.68. The first-order chi connectivity index (χ1) is 16.6. The second-order valence-corrected chi connectivity index (χ2v) is 8.63. The van der Waals surface area contributed by atoms with Crippen molar-refractivity contribution in [3.63, 3.8) is 0 Å². The van der Waals surface area contributed by atoms with E-state index in [1.165, 1.54) is 0 Å². The molecular formula is C24H22ClN7O2. The number of aromatic nitrogens is 6. The second-order valence-electron chi connectivity index (χ2n) is 8.25. The van der Waals surface area contributed by atoms with Crippen LogP contribution in [-0.4, -0.2) is 55.5 Å². The highest BCUT2D eigenvalue weighted by Gasteiger charge is 2.16. The standard InChI is InChI=1S/C24H22ClN7O2/c1-14-29-18-3-2-16(8-20(18)30-14)34-22-5-4-19-24(23(22)25)31-21(11-27-19)15-9-28-32(12-15)13-17-10-26-6-7-33-17/h2-5,8-9,11-12,17,26H,6-7,10,13H2,1H3,(H,29,30). The summed E-state index contributed by atoms with van der Waals surface area (Å²) in [6, 6.07) is 9.33. The van der Waals surface area contributed by atoms with E-state index in [-0.39, 0.29) is 6.10 Å². The van der Waals surface area contributed by atoms with Crippen LogP contribution >= 0.6 is 11.6 Å². The van der Waals surface area contributed by atoms with Gasteiger partial charge in [0.2, 0.25) is 0 Å². The Kier molecular flexibility index (Phi) is 5.37. The fourth-order valence-corrected chi connectivity index (χ4v) is 4.33. The van der Waals surface area contributed by atoms with Crippen LogP contribution in [0, 0.1) is 6.92 Å². The summed E-state index contributed by atoms with van der Waals surface area (Å²) in [6.45, 7) is 5.01. The molecule has 1 saturated heterocycles. The van der Waals surface area contributed by atoms with Gasteiger partial charge < -0.3 is 19.8 Å². The van der Waals surface area contributed by atoms with Crippen molar-refractivity contribution in [1.29, 1.82) is 0 Å². The highest BCUT2D eigenvalue weighted by molar-refractivity contribution is 6.36. The number of hydrogen-bond donors (Lipinski definition) is 2. The van der Waals surface area contributed by atoms with Crippen LogP contribution in [0.1, 0.15) is 5.82 Å². The van der Waals surface area contributed by atoms with E-state index < -0.39 is 0 Å². The van der Waals surface area contributed by atoms with Gasteiger partial charge in [-0.05, 0) is 31.2 Å². The first-order valence-electron chi connectivity index (χ1n) is 11.1. The third kappa shape index (κ3) is 4.09. The van der Waals surface area contributed by atoms with Crippen molar-refractivity contribution < 1.29 is 9.47 Å². The fourth-order valence-electron chi connectivity index (χ4n) is 4.09. The maximum Gasteiger partial charge on any atom is 0.148 e. The third-order valence-electron chi connectivity index (χ3n) is 5.74. The van der Waals surface area contributed by atoms with Crippen molar-refractivity contribution in [3.8, 4) is 22.8 Å². The Morgan fingerprint density at radius 1 is 1.18 bits per heavy atom. The Hall–Kier alpha value is -3.53. The molecule has 1 aliphatic heterocycles. The lowest BCUT2D eigenvalue weighted by atomic mass is 10.2. The van der Waals surface area contributed by atoms with E-state index in [1.54, 1.807) is 18.5 Å². The molecule has 0 bridgehead atoms. The number of ether oxygens (including phenoxy) is 2. The third-order valence-corrected chi connectivity index (χ3v) is 6.11. The molecule has 0 saturated carbocycles. The molecule has 34 heavy (non-hydrogen) atoms. The molecule has 0 spiro atoms. The number of imidazole rings is 1.